The third kappa shape index (κ3) is 3.55. The largest absolute Gasteiger partial charge is 0.444 e. The molecule has 8 heteroatoms. The highest BCUT2D eigenvalue weighted by molar-refractivity contribution is 6.09. The molecule has 1 aromatic rings. The number of hydrogen-bond donors (Lipinski definition) is 1. The van der Waals surface area contributed by atoms with Crippen LogP contribution in [-0.2, 0) is 11.8 Å². The Bertz CT molecular complexity index is 878. The maximum absolute atomic E-state index is 13.0. The maximum atomic E-state index is 13.0. The number of ether oxygens (including phenoxy) is 1. The average molecular weight is 417 g/mol. The lowest BCUT2D eigenvalue weighted by Gasteiger charge is -2.52. The van der Waals surface area contributed by atoms with Gasteiger partial charge in [-0.05, 0) is 40.0 Å². The van der Waals surface area contributed by atoms with E-state index in [9.17, 15) is 14.7 Å². The minimum absolute atomic E-state index is 0.0863. The lowest BCUT2D eigenvalue weighted by atomic mass is 9.63. The van der Waals surface area contributed by atoms with Crippen LogP contribution in [0.3, 0.4) is 0 Å². The quantitative estimate of drug-likeness (QED) is 0.800. The van der Waals surface area contributed by atoms with Gasteiger partial charge in [0.25, 0.3) is 0 Å². The summed E-state index contributed by atoms with van der Waals surface area (Å²) in [6.45, 7) is 6.44. The molecule has 1 spiro atoms. The normalized spacial score (nSPS) is 28.1. The summed E-state index contributed by atoms with van der Waals surface area (Å²) >= 11 is 0. The van der Waals surface area contributed by atoms with Gasteiger partial charge in [-0.15, -0.1) is 0 Å². The number of aliphatic hydroxyl groups is 1. The zero-order valence-corrected chi connectivity index (χ0v) is 18.3. The van der Waals surface area contributed by atoms with Gasteiger partial charge in [0.2, 0.25) is 0 Å². The number of amides is 1. The van der Waals surface area contributed by atoms with Gasteiger partial charge < -0.3 is 14.7 Å². The van der Waals surface area contributed by atoms with Crippen LogP contribution < -0.4 is 0 Å². The van der Waals surface area contributed by atoms with Gasteiger partial charge in [-0.1, -0.05) is 12.8 Å². The third-order valence-corrected chi connectivity index (χ3v) is 6.95. The molecule has 2 fully saturated rings. The standard InChI is InChI=1S/C22H32N4O4/c1-20(2,3)30-19(28)26-10-9-22(29,21(14-26)7-5-6-8-21)11-16-18(27)15-12-24-25(4)17(15)13-23-16/h12-13,16,29H,5-11,14H2,1-4H3. The minimum Gasteiger partial charge on any atom is -0.444 e. The summed E-state index contributed by atoms with van der Waals surface area (Å²) in [7, 11) is 1.78. The number of ketones is 1. The number of aryl methyl sites for hydroxylation is 1. The first kappa shape index (κ1) is 21.0. The van der Waals surface area contributed by atoms with Crippen molar-refractivity contribution in [2.24, 2.45) is 17.5 Å². The minimum atomic E-state index is -1.04. The molecule has 1 aromatic heterocycles. The SMILES string of the molecule is Cn1ncc2c1C=NC(CC1(O)CCN(C(=O)OC(C)(C)C)CC13CCCC3)C2=O. The Hall–Kier alpha value is -2.22. The zero-order chi connectivity index (χ0) is 21.7. The van der Waals surface area contributed by atoms with E-state index < -0.39 is 22.7 Å². The van der Waals surface area contributed by atoms with E-state index in [0.29, 0.717) is 30.8 Å². The topological polar surface area (TPSA) is 97.0 Å². The van der Waals surface area contributed by atoms with Gasteiger partial charge in [-0.2, -0.15) is 5.10 Å². The van der Waals surface area contributed by atoms with E-state index in [0.717, 1.165) is 25.7 Å². The van der Waals surface area contributed by atoms with Gasteiger partial charge >= 0.3 is 6.09 Å². The second-order valence-corrected chi connectivity index (χ2v) is 10.1. The lowest BCUT2D eigenvalue weighted by Crippen LogP contribution is -2.61. The fraction of sp³-hybridized carbons (Fsp3) is 0.727. The number of piperidine rings is 1. The van der Waals surface area contributed by atoms with Crippen LogP contribution in [0.25, 0.3) is 0 Å². The first-order valence-electron chi connectivity index (χ1n) is 10.8. The van der Waals surface area contributed by atoms with E-state index in [2.05, 4.69) is 10.1 Å². The van der Waals surface area contributed by atoms with Crippen molar-refractivity contribution in [1.82, 2.24) is 14.7 Å². The van der Waals surface area contributed by atoms with Crippen molar-refractivity contribution >= 4 is 18.1 Å². The molecule has 0 bridgehead atoms. The molecule has 2 unspecified atom stereocenters. The Morgan fingerprint density at radius 2 is 2.00 bits per heavy atom. The molecule has 1 aliphatic carbocycles. The molecule has 3 heterocycles. The molecule has 0 aromatic carbocycles. The van der Waals surface area contributed by atoms with Gasteiger partial charge in [0.05, 0.1) is 23.1 Å². The number of nitrogens with zero attached hydrogens (tertiary/aromatic N) is 4. The van der Waals surface area contributed by atoms with Gasteiger partial charge in [-0.3, -0.25) is 14.5 Å². The van der Waals surface area contributed by atoms with Crippen LogP contribution in [0.15, 0.2) is 11.2 Å². The molecule has 2 aliphatic heterocycles. The number of carbonyl (C=O) groups excluding carboxylic acids is 2. The van der Waals surface area contributed by atoms with Crippen LogP contribution in [0, 0.1) is 5.41 Å². The molecule has 4 rings (SSSR count). The summed E-state index contributed by atoms with van der Waals surface area (Å²) in [6.07, 6.45) is 7.34. The van der Waals surface area contributed by atoms with E-state index >= 15 is 0 Å². The number of Topliss-reactive ketones (excluding diaryl/α,β-unsaturated/α-hetero) is 1. The second-order valence-electron chi connectivity index (χ2n) is 10.1. The lowest BCUT2D eigenvalue weighted by molar-refractivity contribution is -0.136. The van der Waals surface area contributed by atoms with E-state index in [-0.39, 0.29) is 18.3 Å². The monoisotopic (exact) mass is 416 g/mol. The van der Waals surface area contributed by atoms with Crippen molar-refractivity contribution in [2.45, 2.75) is 76.5 Å². The van der Waals surface area contributed by atoms with Crippen LogP contribution in [0.1, 0.15) is 75.3 Å². The number of rotatable bonds is 2. The summed E-state index contributed by atoms with van der Waals surface area (Å²) in [5.41, 5.74) is -0.753. The van der Waals surface area contributed by atoms with Crippen molar-refractivity contribution in [1.29, 1.82) is 0 Å². The van der Waals surface area contributed by atoms with E-state index in [4.69, 9.17) is 4.74 Å². The first-order valence-corrected chi connectivity index (χ1v) is 10.8. The zero-order valence-electron chi connectivity index (χ0n) is 18.3. The number of aliphatic imine (C=N–C) groups is 1. The Balaban J connectivity index is 1.55. The first-order chi connectivity index (χ1) is 14.0. The van der Waals surface area contributed by atoms with Gasteiger partial charge in [0.1, 0.15) is 11.6 Å². The predicted octanol–water partition coefficient (Wildman–Crippen LogP) is 2.73. The van der Waals surface area contributed by atoms with Crippen LogP contribution in [-0.4, -0.2) is 68.2 Å². The number of carbonyl (C=O) groups is 2. The summed E-state index contributed by atoms with van der Waals surface area (Å²) < 4.78 is 7.21. The molecule has 8 nitrogen and oxygen atoms in total. The molecule has 2 atom stereocenters. The molecule has 1 saturated heterocycles. The van der Waals surface area contributed by atoms with Gasteiger partial charge in [-0.25, -0.2) is 4.79 Å². The van der Waals surface area contributed by atoms with Crippen LogP contribution in [0.2, 0.25) is 0 Å². The van der Waals surface area contributed by atoms with Crippen molar-refractivity contribution in [3.8, 4) is 0 Å². The fourth-order valence-corrected chi connectivity index (χ4v) is 5.32. The molecule has 164 valence electrons. The maximum Gasteiger partial charge on any atom is 0.410 e. The highest BCUT2D eigenvalue weighted by Crippen LogP contribution is 2.53. The number of likely N-dealkylation sites (tertiary alicyclic amines) is 1. The summed E-state index contributed by atoms with van der Waals surface area (Å²) in [6, 6.07) is -0.614. The predicted molar refractivity (Wildman–Crippen MR) is 112 cm³/mol. The van der Waals surface area contributed by atoms with Gasteiger partial charge in [0, 0.05) is 38.2 Å². The van der Waals surface area contributed by atoms with E-state index in [1.165, 1.54) is 0 Å². The van der Waals surface area contributed by atoms with E-state index in [1.807, 2.05) is 20.8 Å². The highest BCUT2D eigenvalue weighted by Gasteiger charge is 2.57. The summed E-state index contributed by atoms with van der Waals surface area (Å²) in [5.74, 6) is -0.0863. The molecular formula is C22H32N4O4. The van der Waals surface area contributed by atoms with Crippen molar-refractivity contribution < 1.29 is 19.4 Å². The van der Waals surface area contributed by atoms with E-state index in [1.54, 1.807) is 29.0 Å². The Morgan fingerprint density at radius 3 is 2.67 bits per heavy atom. The molecule has 3 aliphatic rings. The Labute approximate surface area is 177 Å². The Morgan fingerprint density at radius 1 is 1.30 bits per heavy atom. The molecule has 0 radical (unpaired) electrons. The number of fused-ring (bicyclic) bond motifs is 1. The smallest absolute Gasteiger partial charge is 0.410 e. The molecular weight excluding hydrogens is 384 g/mol. The van der Waals surface area contributed by atoms with Gasteiger partial charge in [0.15, 0.2) is 5.78 Å². The molecule has 1 N–H and O–H groups in total. The second kappa shape index (κ2) is 7.18. The fourth-order valence-electron chi connectivity index (χ4n) is 5.32. The van der Waals surface area contributed by atoms with Crippen LogP contribution in [0.4, 0.5) is 4.79 Å². The summed E-state index contributed by atoms with van der Waals surface area (Å²) in [4.78, 5) is 31.9. The number of aromatic nitrogens is 2. The van der Waals surface area contributed by atoms with Crippen molar-refractivity contribution in [2.75, 3.05) is 13.1 Å². The molecule has 1 amide bonds. The molecule has 30 heavy (non-hydrogen) atoms. The summed E-state index contributed by atoms with van der Waals surface area (Å²) in [5, 5.41) is 16.0. The Kier molecular flexibility index (Phi) is 5.03. The number of hydrogen-bond acceptors (Lipinski definition) is 6. The van der Waals surface area contributed by atoms with Crippen LogP contribution >= 0.6 is 0 Å². The van der Waals surface area contributed by atoms with Crippen LogP contribution in [0.5, 0.6) is 0 Å². The third-order valence-electron chi connectivity index (χ3n) is 6.95. The highest BCUT2D eigenvalue weighted by atomic mass is 16.6. The van der Waals surface area contributed by atoms with Crippen molar-refractivity contribution in [3.05, 3.63) is 17.5 Å². The molecule has 1 saturated carbocycles. The average Bonchev–Trinajstić information content (AvgIpc) is 3.27. The van der Waals surface area contributed by atoms with Crippen molar-refractivity contribution in [3.63, 3.8) is 0 Å².